The number of halogens is 1. The van der Waals surface area contributed by atoms with Crippen LogP contribution in [-0.4, -0.2) is 56.6 Å². The Morgan fingerprint density at radius 1 is 1.12 bits per heavy atom. The number of aromatic nitrogens is 1. The number of ether oxygens (including phenoxy) is 3. The van der Waals surface area contributed by atoms with Gasteiger partial charge >= 0.3 is 6.03 Å². The summed E-state index contributed by atoms with van der Waals surface area (Å²) in [6, 6.07) is 8.28. The first-order valence-corrected chi connectivity index (χ1v) is 10.7. The van der Waals surface area contributed by atoms with Gasteiger partial charge in [-0.3, -0.25) is 0 Å². The van der Waals surface area contributed by atoms with Gasteiger partial charge in [0, 0.05) is 45.6 Å². The molecular weight excluding hydrogens is 415 g/mol. The molecule has 1 aromatic carbocycles. The molecule has 8 nitrogen and oxygen atoms in total. The zero-order valence-electron chi connectivity index (χ0n) is 18.8. The van der Waals surface area contributed by atoms with Crippen molar-refractivity contribution in [3.8, 4) is 5.88 Å². The highest BCUT2D eigenvalue weighted by molar-refractivity contribution is 5.73. The number of amides is 2. The molecule has 2 heterocycles. The number of carbonyl (C=O) groups is 1. The lowest BCUT2D eigenvalue weighted by Crippen LogP contribution is -2.45. The van der Waals surface area contributed by atoms with E-state index in [9.17, 15) is 9.18 Å². The SMILES string of the molecule is COCCOc1ccc(CNC(=O)NCc2ccc(N3CC(C)OC(C)C3)c(F)c2)cn1. The number of hydrogen-bond donors (Lipinski definition) is 2. The van der Waals surface area contributed by atoms with Crippen LogP contribution < -0.4 is 20.3 Å². The van der Waals surface area contributed by atoms with E-state index < -0.39 is 0 Å². The van der Waals surface area contributed by atoms with Crippen LogP contribution in [0.15, 0.2) is 36.5 Å². The maximum atomic E-state index is 14.7. The van der Waals surface area contributed by atoms with Gasteiger partial charge in [-0.05, 0) is 37.1 Å². The third kappa shape index (κ3) is 7.06. The van der Waals surface area contributed by atoms with Crippen molar-refractivity contribution in [2.75, 3.05) is 38.3 Å². The highest BCUT2D eigenvalue weighted by Crippen LogP contribution is 2.24. The van der Waals surface area contributed by atoms with E-state index in [1.165, 1.54) is 6.07 Å². The van der Waals surface area contributed by atoms with E-state index in [2.05, 4.69) is 15.6 Å². The third-order valence-corrected chi connectivity index (χ3v) is 5.01. The summed E-state index contributed by atoms with van der Waals surface area (Å²) >= 11 is 0. The largest absolute Gasteiger partial charge is 0.475 e. The molecule has 0 aliphatic carbocycles. The summed E-state index contributed by atoms with van der Waals surface area (Å²) in [5.74, 6) is 0.201. The van der Waals surface area contributed by atoms with Crippen molar-refractivity contribution in [3.63, 3.8) is 0 Å². The molecule has 174 valence electrons. The molecule has 2 amide bonds. The second kappa shape index (κ2) is 11.6. The number of rotatable bonds is 9. The van der Waals surface area contributed by atoms with Crippen LogP contribution in [0.4, 0.5) is 14.9 Å². The van der Waals surface area contributed by atoms with Crippen LogP contribution in [0, 0.1) is 5.82 Å². The van der Waals surface area contributed by atoms with E-state index in [1.54, 1.807) is 25.4 Å². The maximum absolute atomic E-state index is 14.7. The molecule has 1 aromatic heterocycles. The van der Waals surface area contributed by atoms with E-state index >= 15 is 0 Å². The Balaban J connectivity index is 1.44. The molecule has 1 aliphatic rings. The van der Waals surface area contributed by atoms with Crippen LogP contribution in [0.3, 0.4) is 0 Å². The lowest BCUT2D eigenvalue weighted by Gasteiger charge is -2.37. The number of carbonyl (C=O) groups excluding carboxylic acids is 1. The first-order chi connectivity index (χ1) is 15.4. The molecule has 1 aliphatic heterocycles. The summed E-state index contributed by atoms with van der Waals surface area (Å²) in [6.07, 6.45) is 1.75. The molecule has 32 heavy (non-hydrogen) atoms. The van der Waals surface area contributed by atoms with Gasteiger partial charge in [0.1, 0.15) is 12.4 Å². The zero-order chi connectivity index (χ0) is 22.9. The minimum Gasteiger partial charge on any atom is -0.475 e. The summed E-state index contributed by atoms with van der Waals surface area (Å²) in [5, 5.41) is 5.51. The first-order valence-electron chi connectivity index (χ1n) is 10.7. The topological polar surface area (TPSA) is 85.0 Å². The van der Waals surface area contributed by atoms with Gasteiger partial charge in [0.25, 0.3) is 0 Å². The van der Waals surface area contributed by atoms with Crippen molar-refractivity contribution in [1.29, 1.82) is 0 Å². The third-order valence-electron chi connectivity index (χ3n) is 5.01. The normalized spacial score (nSPS) is 18.3. The van der Waals surface area contributed by atoms with Crippen LogP contribution in [0.1, 0.15) is 25.0 Å². The Bertz CT molecular complexity index is 871. The summed E-state index contributed by atoms with van der Waals surface area (Å²) in [6.45, 7) is 6.73. The first kappa shape index (κ1) is 23.7. The number of pyridine rings is 1. The fraction of sp³-hybridized carbons (Fsp3) is 0.478. The summed E-state index contributed by atoms with van der Waals surface area (Å²) in [4.78, 5) is 18.3. The van der Waals surface area contributed by atoms with Crippen LogP contribution in [0.25, 0.3) is 0 Å². The summed E-state index contributed by atoms with van der Waals surface area (Å²) in [5.41, 5.74) is 2.08. The molecule has 2 atom stereocenters. The molecule has 1 fully saturated rings. The molecule has 9 heteroatoms. The van der Waals surface area contributed by atoms with E-state index in [1.807, 2.05) is 30.9 Å². The number of nitrogens with one attached hydrogen (secondary N) is 2. The van der Waals surface area contributed by atoms with Crippen molar-refractivity contribution in [3.05, 3.63) is 53.5 Å². The van der Waals surface area contributed by atoms with Crippen molar-refractivity contribution in [2.24, 2.45) is 0 Å². The number of benzene rings is 1. The lowest BCUT2D eigenvalue weighted by molar-refractivity contribution is -0.00539. The number of hydrogen-bond acceptors (Lipinski definition) is 6. The predicted octanol–water partition coefficient (Wildman–Crippen LogP) is 2.86. The Labute approximate surface area is 188 Å². The molecule has 0 bridgehead atoms. The van der Waals surface area contributed by atoms with Gasteiger partial charge in [-0.2, -0.15) is 0 Å². The number of urea groups is 1. The van der Waals surface area contributed by atoms with Crippen LogP contribution in [0.2, 0.25) is 0 Å². The molecule has 0 spiro atoms. The average molecular weight is 447 g/mol. The number of anilines is 1. The summed E-state index contributed by atoms with van der Waals surface area (Å²) < 4.78 is 30.7. The van der Waals surface area contributed by atoms with Gasteiger partial charge in [0.05, 0.1) is 24.5 Å². The fourth-order valence-electron chi connectivity index (χ4n) is 3.55. The van der Waals surface area contributed by atoms with Gasteiger partial charge < -0.3 is 29.7 Å². The van der Waals surface area contributed by atoms with Gasteiger partial charge in [0.2, 0.25) is 5.88 Å². The van der Waals surface area contributed by atoms with E-state index in [-0.39, 0.29) is 30.6 Å². The van der Waals surface area contributed by atoms with Crippen molar-refractivity contribution < 1.29 is 23.4 Å². The Morgan fingerprint density at radius 2 is 1.81 bits per heavy atom. The Kier molecular flexibility index (Phi) is 8.64. The number of methoxy groups -OCH3 is 1. The second-order valence-corrected chi connectivity index (χ2v) is 7.83. The number of morpholine rings is 1. The number of nitrogens with zero attached hydrogens (tertiary/aromatic N) is 2. The standard InChI is InChI=1S/C23H31FN4O4/c1-16-14-28(15-17(2)32-16)21-6-4-18(10-20(21)24)11-26-23(29)27-13-19-5-7-22(25-12-19)31-9-8-30-3/h4-7,10,12,16-17H,8-9,11,13-15H2,1-3H3,(H2,26,27,29). The molecule has 2 aromatic rings. The molecular formula is C23H31FN4O4. The highest BCUT2D eigenvalue weighted by atomic mass is 19.1. The van der Waals surface area contributed by atoms with Gasteiger partial charge in [0.15, 0.2) is 0 Å². The summed E-state index contributed by atoms with van der Waals surface area (Å²) in [7, 11) is 1.61. The van der Waals surface area contributed by atoms with Gasteiger partial charge in [-0.15, -0.1) is 0 Å². The van der Waals surface area contributed by atoms with Crippen LogP contribution >= 0.6 is 0 Å². The minimum atomic E-state index is -0.342. The fourth-order valence-corrected chi connectivity index (χ4v) is 3.55. The molecule has 3 rings (SSSR count). The van der Waals surface area contributed by atoms with Gasteiger partial charge in [-0.25, -0.2) is 14.2 Å². The van der Waals surface area contributed by atoms with Crippen molar-refractivity contribution in [2.45, 2.75) is 39.1 Å². The Morgan fingerprint density at radius 3 is 2.44 bits per heavy atom. The zero-order valence-corrected chi connectivity index (χ0v) is 18.8. The van der Waals surface area contributed by atoms with Crippen LogP contribution in [-0.2, 0) is 22.6 Å². The quantitative estimate of drug-likeness (QED) is 0.577. The highest BCUT2D eigenvalue weighted by Gasteiger charge is 2.24. The molecule has 2 unspecified atom stereocenters. The second-order valence-electron chi connectivity index (χ2n) is 7.83. The molecule has 0 radical (unpaired) electrons. The average Bonchev–Trinajstić information content (AvgIpc) is 2.76. The van der Waals surface area contributed by atoms with E-state index in [4.69, 9.17) is 14.2 Å². The van der Waals surface area contributed by atoms with Crippen molar-refractivity contribution >= 4 is 11.7 Å². The lowest BCUT2D eigenvalue weighted by atomic mass is 10.1. The van der Waals surface area contributed by atoms with Crippen molar-refractivity contribution in [1.82, 2.24) is 15.6 Å². The van der Waals surface area contributed by atoms with Gasteiger partial charge in [-0.1, -0.05) is 12.1 Å². The van der Waals surface area contributed by atoms with Crippen LogP contribution in [0.5, 0.6) is 5.88 Å². The predicted molar refractivity (Wildman–Crippen MR) is 119 cm³/mol. The molecule has 2 N–H and O–H groups in total. The smallest absolute Gasteiger partial charge is 0.315 e. The minimum absolute atomic E-state index is 0.0535. The molecule has 0 saturated carbocycles. The monoisotopic (exact) mass is 446 g/mol. The Hall–Kier alpha value is -2.91. The maximum Gasteiger partial charge on any atom is 0.315 e. The van der Waals surface area contributed by atoms with E-state index in [0.29, 0.717) is 50.0 Å². The van der Waals surface area contributed by atoms with E-state index in [0.717, 1.165) is 5.56 Å². The molecule has 1 saturated heterocycles.